The first-order valence-electron chi connectivity index (χ1n) is 4.51. The minimum absolute atomic E-state index is 0.710. The van der Waals surface area contributed by atoms with Crippen LogP contribution < -0.4 is 0 Å². The Balaban J connectivity index is 2.53. The van der Waals surface area contributed by atoms with E-state index in [-0.39, 0.29) is 0 Å². The fraction of sp³-hybridized carbons (Fsp3) is 0.182. The molecule has 0 fully saturated rings. The summed E-state index contributed by atoms with van der Waals surface area (Å²) < 4.78 is 0. The maximum Gasteiger partial charge on any atom is 0.148 e. The van der Waals surface area contributed by atoms with E-state index in [1.807, 2.05) is 44.2 Å². The van der Waals surface area contributed by atoms with E-state index in [4.69, 9.17) is 0 Å². The molecule has 0 atom stereocenters. The Hall–Kier alpha value is -1.77. The Labute approximate surface area is 82.8 Å². The van der Waals surface area contributed by atoms with E-state index in [9.17, 15) is 0 Å². The molecule has 0 unspecified atom stereocenters. The summed E-state index contributed by atoms with van der Waals surface area (Å²) in [7, 11) is 0. The van der Waals surface area contributed by atoms with Crippen LogP contribution in [0.15, 0.2) is 30.3 Å². The summed E-state index contributed by atoms with van der Waals surface area (Å²) in [4.78, 5) is 4.28. The zero-order valence-electron chi connectivity index (χ0n) is 8.23. The Kier molecular flexibility index (Phi) is 2.23. The van der Waals surface area contributed by atoms with Crippen molar-refractivity contribution in [2.24, 2.45) is 0 Å². The summed E-state index contributed by atoms with van der Waals surface area (Å²) in [6.45, 7) is 3.79. The highest BCUT2D eigenvalue weighted by Gasteiger charge is 2.04. The molecule has 0 amide bonds. The van der Waals surface area contributed by atoms with Crippen LogP contribution >= 0.6 is 0 Å². The van der Waals surface area contributed by atoms with E-state index in [1.54, 1.807) is 0 Å². The van der Waals surface area contributed by atoms with Gasteiger partial charge in [-0.3, -0.25) is 0 Å². The molecule has 0 N–H and O–H groups in total. The normalized spacial score (nSPS) is 10.1. The number of nitrogens with zero attached hydrogens (tertiary/aromatic N) is 3. The van der Waals surface area contributed by atoms with Crippen molar-refractivity contribution in [2.45, 2.75) is 13.8 Å². The Morgan fingerprint density at radius 2 is 1.64 bits per heavy atom. The van der Waals surface area contributed by atoms with Gasteiger partial charge in [0.25, 0.3) is 0 Å². The molecule has 0 aliphatic carbocycles. The molecule has 14 heavy (non-hydrogen) atoms. The van der Waals surface area contributed by atoms with Crippen molar-refractivity contribution < 1.29 is 0 Å². The minimum atomic E-state index is 0.710. The molecule has 0 aliphatic heterocycles. The molecule has 0 bridgehead atoms. The molecule has 2 rings (SSSR count). The van der Waals surface area contributed by atoms with Crippen LogP contribution in [0, 0.1) is 13.8 Å². The van der Waals surface area contributed by atoms with Gasteiger partial charge in [-0.15, -0.1) is 10.2 Å². The maximum absolute atomic E-state index is 4.28. The molecule has 0 saturated carbocycles. The van der Waals surface area contributed by atoms with E-state index in [0.717, 1.165) is 17.0 Å². The topological polar surface area (TPSA) is 38.7 Å². The van der Waals surface area contributed by atoms with Crippen LogP contribution in [0.25, 0.3) is 11.3 Å². The van der Waals surface area contributed by atoms with Gasteiger partial charge in [0.05, 0.1) is 5.69 Å². The van der Waals surface area contributed by atoms with Gasteiger partial charge >= 0.3 is 0 Å². The van der Waals surface area contributed by atoms with Gasteiger partial charge in [0.1, 0.15) is 11.5 Å². The molecular formula is C11H11N3. The molecule has 1 aromatic heterocycles. The summed E-state index contributed by atoms with van der Waals surface area (Å²) in [6.07, 6.45) is 0. The van der Waals surface area contributed by atoms with Crippen LogP contribution in [0.5, 0.6) is 0 Å². The lowest BCUT2D eigenvalue weighted by Crippen LogP contribution is -1.98. The molecule has 0 saturated heterocycles. The average Bonchev–Trinajstić information content (AvgIpc) is 2.19. The van der Waals surface area contributed by atoms with Gasteiger partial charge in [-0.1, -0.05) is 30.3 Å². The van der Waals surface area contributed by atoms with Crippen molar-refractivity contribution >= 4 is 0 Å². The van der Waals surface area contributed by atoms with Crippen LogP contribution in [-0.2, 0) is 0 Å². The summed E-state index contributed by atoms with van der Waals surface area (Å²) in [5.74, 6) is 0.710. The van der Waals surface area contributed by atoms with Gasteiger partial charge in [0.15, 0.2) is 0 Å². The van der Waals surface area contributed by atoms with Crippen molar-refractivity contribution in [3.05, 3.63) is 41.9 Å². The monoisotopic (exact) mass is 185 g/mol. The summed E-state index contributed by atoms with van der Waals surface area (Å²) in [5, 5.41) is 8.09. The highest BCUT2D eigenvalue weighted by Crippen LogP contribution is 2.17. The van der Waals surface area contributed by atoms with E-state index in [2.05, 4.69) is 15.2 Å². The lowest BCUT2D eigenvalue weighted by atomic mass is 10.1. The summed E-state index contributed by atoms with van der Waals surface area (Å²) in [6, 6.07) is 9.96. The van der Waals surface area contributed by atoms with Gasteiger partial charge in [-0.05, 0) is 13.8 Å². The standard InChI is InChI=1S/C11H11N3/c1-8-11(14-13-9(2)12-8)10-6-4-3-5-7-10/h3-7H,1-2H3. The molecule has 2 aromatic rings. The number of rotatable bonds is 1. The smallest absolute Gasteiger partial charge is 0.148 e. The van der Waals surface area contributed by atoms with Gasteiger partial charge in [-0.2, -0.15) is 0 Å². The number of hydrogen-bond donors (Lipinski definition) is 0. The molecule has 1 aromatic carbocycles. The van der Waals surface area contributed by atoms with Crippen LogP contribution in [0.2, 0.25) is 0 Å². The Morgan fingerprint density at radius 3 is 2.29 bits per heavy atom. The molecule has 0 aliphatic rings. The SMILES string of the molecule is Cc1nnc(-c2ccccc2)c(C)n1. The van der Waals surface area contributed by atoms with Crippen LogP contribution in [-0.4, -0.2) is 15.2 Å². The molecule has 3 heteroatoms. The van der Waals surface area contributed by atoms with E-state index < -0.39 is 0 Å². The van der Waals surface area contributed by atoms with Gasteiger partial charge in [0, 0.05) is 5.56 Å². The number of aromatic nitrogens is 3. The molecule has 70 valence electrons. The highest BCUT2D eigenvalue weighted by atomic mass is 15.2. The zero-order chi connectivity index (χ0) is 9.97. The lowest BCUT2D eigenvalue weighted by molar-refractivity contribution is 0.889. The molecule has 3 nitrogen and oxygen atoms in total. The third kappa shape index (κ3) is 1.62. The van der Waals surface area contributed by atoms with E-state index in [0.29, 0.717) is 5.82 Å². The minimum Gasteiger partial charge on any atom is -0.234 e. The van der Waals surface area contributed by atoms with Crippen LogP contribution in [0.4, 0.5) is 0 Å². The quantitative estimate of drug-likeness (QED) is 0.683. The van der Waals surface area contributed by atoms with Gasteiger partial charge < -0.3 is 0 Å². The van der Waals surface area contributed by atoms with Crippen molar-refractivity contribution in [1.82, 2.24) is 15.2 Å². The Morgan fingerprint density at radius 1 is 0.929 bits per heavy atom. The number of hydrogen-bond acceptors (Lipinski definition) is 3. The predicted octanol–water partition coefficient (Wildman–Crippen LogP) is 2.16. The fourth-order valence-electron chi connectivity index (χ4n) is 1.38. The highest BCUT2D eigenvalue weighted by molar-refractivity contribution is 5.60. The van der Waals surface area contributed by atoms with Crippen molar-refractivity contribution in [2.75, 3.05) is 0 Å². The number of benzene rings is 1. The third-order valence-electron chi connectivity index (χ3n) is 2.01. The van der Waals surface area contributed by atoms with E-state index in [1.165, 1.54) is 0 Å². The predicted molar refractivity (Wildman–Crippen MR) is 54.7 cm³/mol. The Bertz CT molecular complexity index is 438. The van der Waals surface area contributed by atoms with Crippen molar-refractivity contribution in [1.29, 1.82) is 0 Å². The van der Waals surface area contributed by atoms with Crippen molar-refractivity contribution in [3.63, 3.8) is 0 Å². The zero-order valence-corrected chi connectivity index (χ0v) is 8.23. The van der Waals surface area contributed by atoms with E-state index >= 15 is 0 Å². The van der Waals surface area contributed by atoms with Gasteiger partial charge in [0.2, 0.25) is 0 Å². The summed E-state index contributed by atoms with van der Waals surface area (Å²) >= 11 is 0. The lowest BCUT2D eigenvalue weighted by Gasteiger charge is -2.02. The fourth-order valence-corrected chi connectivity index (χ4v) is 1.38. The van der Waals surface area contributed by atoms with Crippen LogP contribution in [0.3, 0.4) is 0 Å². The van der Waals surface area contributed by atoms with Crippen LogP contribution in [0.1, 0.15) is 11.5 Å². The first kappa shape index (κ1) is 8.81. The molecular weight excluding hydrogens is 174 g/mol. The second-order valence-corrected chi connectivity index (χ2v) is 3.16. The third-order valence-corrected chi connectivity index (χ3v) is 2.01. The first-order valence-corrected chi connectivity index (χ1v) is 4.51. The molecule has 1 heterocycles. The first-order chi connectivity index (χ1) is 6.77. The average molecular weight is 185 g/mol. The molecule has 0 radical (unpaired) electrons. The van der Waals surface area contributed by atoms with Gasteiger partial charge in [-0.25, -0.2) is 4.98 Å². The second kappa shape index (κ2) is 3.54. The largest absolute Gasteiger partial charge is 0.234 e. The maximum atomic E-state index is 4.28. The number of aryl methyl sites for hydroxylation is 2. The van der Waals surface area contributed by atoms with Crippen molar-refractivity contribution in [3.8, 4) is 11.3 Å². The summed E-state index contributed by atoms with van der Waals surface area (Å²) in [5.41, 5.74) is 2.84. The second-order valence-electron chi connectivity index (χ2n) is 3.16. The molecule has 0 spiro atoms.